The molecule has 0 bridgehead atoms. The number of carbonyl (C=O) groups excluding carboxylic acids is 1. The van der Waals surface area contributed by atoms with Crippen LogP contribution in [0.2, 0.25) is 0 Å². The molecule has 2 aromatic heterocycles. The average molecular weight is 289 g/mol. The molecule has 0 saturated carbocycles. The van der Waals surface area contributed by atoms with Crippen LogP contribution in [0.25, 0.3) is 0 Å². The first-order chi connectivity index (χ1) is 9.88. The van der Waals surface area contributed by atoms with Crippen molar-refractivity contribution in [3.8, 4) is 0 Å². The fourth-order valence-corrected chi connectivity index (χ4v) is 1.85. The van der Waals surface area contributed by atoms with Crippen LogP contribution >= 0.6 is 0 Å². The molecule has 7 heteroatoms. The monoisotopic (exact) mass is 289 g/mol. The van der Waals surface area contributed by atoms with Gasteiger partial charge in [0.05, 0.1) is 17.8 Å². The van der Waals surface area contributed by atoms with Crippen molar-refractivity contribution in [2.45, 2.75) is 40.2 Å². The highest BCUT2D eigenvalue weighted by atomic mass is 16.4. The van der Waals surface area contributed by atoms with Gasteiger partial charge in [-0.05, 0) is 6.92 Å². The molecule has 7 nitrogen and oxygen atoms in total. The van der Waals surface area contributed by atoms with Gasteiger partial charge in [0, 0.05) is 26.1 Å². The van der Waals surface area contributed by atoms with E-state index in [0.29, 0.717) is 23.0 Å². The van der Waals surface area contributed by atoms with Crippen LogP contribution < -0.4 is 0 Å². The Hall–Kier alpha value is -2.31. The summed E-state index contributed by atoms with van der Waals surface area (Å²) in [5.74, 6) is 1.68. The molecule has 2 rings (SSSR count). The number of aryl methyl sites for hydroxylation is 2. The second-order valence-electron chi connectivity index (χ2n) is 5.26. The van der Waals surface area contributed by atoms with Crippen LogP contribution in [-0.4, -0.2) is 38.0 Å². The summed E-state index contributed by atoms with van der Waals surface area (Å²) >= 11 is 0. The van der Waals surface area contributed by atoms with E-state index in [-0.39, 0.29) is 18.4 Å². The van der Waals surface area contributed by atoms with Gasteiger partial charge in [-0.25, -0.2) is 9.97 Å². The largest absolute Gasteiger partial charge is 0.424 e. The third-order valence-electron chi connectivity index (χ3n) is 3.03. The summed E-state index contributed by atoms with van der Waals surface area (Å²) in [6.45, 7) is 7.80. The van der Waals surface area contributed by atoms with Crippen molar-refractivity contribution in [3.63, 3.8) is 0 Å². The first-order valence-electron chi connectivity index (χ1n) is 6.76. The quantitative estimate of drug-likeness (QED) is 0.854. The van der Waals surface area contributed by atoms with E-state index in [9.17, 15) is 4.79 Å². The van der Waals surface area contributed by atoms with Crippen molar-refractivity contribution >= 4 is 5.91 Å². The number of carbonyl (C=O) groups is 1. The number of amides is 1. The Morgan fingerprint density at radius 3 is 2.57 bits per heavy atom. The van der Waals surface area contributed by atoms with Gasteiger partial charge in [0.2, 0.25) is 11.8 Å². The van der Waals surface area contributed by atoms with Gasteiger partial charge in [-0.2, -0.15) is 0 Å². The molecule has 0 aromatic carbocycles. The maximum atomic E-state index is 12.4. The smallest absolute Gasteiger partial charge is 0.257 e. The Kier molecular flexibility index (Phi) is 4.30. The van der Waals surface area contributed by atoms with E-state index < -0.39 is 0 Å². The molecule has 0 unspecified atom stereocenters. The van der Waals surface area contributed by atoms with E-state index in [1.807, 2.05) is 20.8 Å². The molecule has 0 aliphatic rings. The van der Waals surface area contributed by atoms with E-state index in [1.165, 1.54) is 4.90 Å². The summed E-state index contributed by atoms with van der Waals surface area (Å²) < 4.78 is 5.27. The number of hydrogen-bond acceptors (Lipinski definition) is 6. The predicted octanol–water partition coefficient (Wildman–Crippen LogP) is 1.87. The minimum atomic E-state index is -0.168. The van der Waals surface area contributed by atoms with Crippen molar-refractivity contribution in [2.24, 2.45) is 0 Å². The lowest BCUT2D eigenvalue weighted by Crippen LogP contribution is -2.27. The molecule has 21 heavy (non-hydrogen) atoms. The van der Waals surface area contributed by atoms with Crippen LogP contribution in [0.1, 0.15) is 53.4 Å². The molecule has 0 saturated heterocycles. The van der Waals surface area contributed by atoms with Gasteiger partial charge >= 0.3 is 0 Å². The number of aromatic nitrogens is 4. The number of nitrogens with zero attached hydrogens (tertiary/aromatic N) is 5. The van der Waals surface area contributed by atoms with Crippen LogP contribution in [0.3, 0.4) is 0 Å². The van der Waals surface area contributed by atoms with E-state index in [2.05, 4.69) is 20.2 Å². The maximum Gasteiger partial charge on any atom is 0.257 e. The zero-order valence-corrected chi connectivity index (χ0v) is 12.9. The van der Waals surface area contributed by atoms with Crippen molar-refractivity contribution in [3.05, 3.63) is 35.1 Å². The van der Waals surface area contributed by atoms with Crippen molar-refractivity contribution in [1.82, 2.24) is 25.1 Å². The molecular formula is C14H19N5O2. The fraction of sp³-hybridized carbons (Fsp3) is 0.500. The zero-order chi connectivity index (χ0) is 15.6. The van der Waals surface area contributed by atoms with Gasteiger partial charge in [-0.15, -0.1) is 10.2 Å². The number of rotatable bonds is 4. The minimum absolute atomic E-state index is 0.168. The fourth-order valence-electron chi connectivity index (χ4n) is 1.85. The third-order valence-corrected chi connectivity index (χ3v) is 3.03. The lowest BCUT2D eigenvalue weighted by Gasteiger charge is -2.16. The molecule has 0 aliphatic heterocycles. The summed E-state index contributed by atoms with van der Waals surface area (Å²) in [5.41, 5.74) is 1.16. The lowest BCUT2D eigenvalue weighted by atomic mass is 10.1. The van der Waals surface area contributed by atoms with Crippen LogP contribution in [0.5, 0.6) is 0 Å². The van der Waals surface area contributed by atoms with Gasteiger partial charge in [0.25, 0.3) is 5.91 Å². The molecular weight excluding hydrogens is 270 g/mol. The van der Waals surface area contributed by atoms with Gasteiger partial charge in [0.15, 0.2) is 0 Å². The molecule has 0 atom stereocenters. The molecule has 0 spiro atoms. The zero-order valence-electron chi connectivity index (χ0n) is 12.9. The van der Waals surface area contributed by atoms with E-state index in [4.69, 9.17) is 4.42 Å². The normalized spacial score (nSPS) is 11.0. The molecule has 0 N–H and O–H groups in total. The molecule has 112 valence electrons. The number of hydrogen-bond donors (Lipinski definition) is 0. The van der Waals surface area contributed by atoms with Gasteiger partial charge in [-0.1, -0.05) is 13.8 Å². The first kappa shape index (κ1) is 15.1. The van der Waals surface area contributed by atoms with Crippen molar-refractivity contribution in [1.29, 1.82) is 0 Å². The van der Waals surface area contributed by atoms with Crippen LogP contribution in [-0.2, 0) is 6.54 Å². The highest BCUT2D eigenvalue weighted by molar-refractivity contribution is 5.94. The molecule has 2 aromatic rings. The highest BCUT2D eigenvalue weighted by Gasteiger charge is 2.18. The summed E-state index contributed by atoms with van der Waals surface area (Å²) in [4.78, 5) is 22.5. The summed E-state index contributed by atoms with van der Waals surface area (Å²) in [7, 11) is 1.68. The minimum Gasteiger partial charge on any atom is -0.424 e. The standard InChI is InChI=1S/C14H19N5O2/c1-8(2)13-15-6-11(9(3)16-13)14(20)19(5)7-12-18-17-10(4)21-12/h6,8H,7H2,1-5H3. The third kappa shape index (κ3) is 3.42. The topological polar surface area (TPSA) is 85.0 Å². The van der Waals surface area contributed by atoms with E-state index in [0.717, 1.165) is 5.82 Å². The van der Waals surface area contributed by atoms with Gasteiger partial charge in [-0.3, -0.25) is 4.79 Å². The molecule has 0 aliphatic carbocycles. The van der Waals surface area contributed by atoms with Crippen LogP contribution in [0.4, 0.5) is 0 Å². The maximum absolute atomic E-state index is 12.4. The molecule has 0 radical (unpaired) electrons. The second-order valence-corrected chi connectivity index (χ2v) is 5.26. The Morgan fingerprint density at radius 1 is 1.33 bits per heavy atom. The predicted molar refractivity (Wildman–Crippen MR) is 75.7 cm³/mol. The SMILES string of the molecule is Cc1nnc(CN(C)C(=O)c2cnc(C(C)C)nc2C)o1. The Labute approximate surface area is 123 Å². The second kappa shape index (κ2) is 5.99. The Balaban J connectivity index is 2.15. The Bertz CT molecular complexity index is 651. The first-order valence-corrected chi connectivity index (χ1v) is 6.76. The van der Waals surface area contributed by atoms with Crippen molar-refractivity contribution in [2.75, 3.05) is 7.05 Å². The van der Waals surface area contributed by atoms with Crippen molar-refractivity contribution < 1.29 is 9.21 Å². The molecule has 2 heterocycles. The van der Waals surface area contributed by atoms with Gasteiger partial charge in [0.1, 0.15) is 5.82 Å². The van der Waals surface area contributed by atoms with Crippen LogP contribution in [0, 0.1) is 13.8 Å². The van der Waals surface area contributed by atoms with Crippen LogP contribution in [0.15, 0.2) is 10.6 Å². The average Bonchev–Trinajstić information content (AvgIpc) is 2.83. The molecule has 1 amide bonds. The lowest BCUT2D eigenvalue weighted by molar-refractivity contribution is 0.0770. The van der Waals surface area contributed by atoms with E-state index >= 15 is 0 Å². The summed E-state index contributed by atoms with van der Waals surface area (Å²) in [6, 6.07) is 0. The summed E-state index contributed by atoms with van der Waals surface area (Å²) in [5, 5.41) is 7.62. The Morgan fingerprint density at radius 2 is 2.05 bits per heavy atom. The van der Waals surface area contributed by atoms with E-state index in [1.54, 1.807) is 20.2 Å². The molecule has 0 fully saturated rings. The van der Waals surface area contributed by atoms with Gasteiger partial charge < -0.3 is 9.32 Å². The summed E-state index contributed by atoms with van der Waals surface area (Å²) in [6.07, 6.45) is 1.58. The highest BCUT2D eigenvalue weighted by Crippen LogP contribution is 2.14.